The molecule has 10 heteroatoms. The van der Waals surface area contributed by atoms with Crippen molar-refractivity contribution in [2.24, 2.45) is 12.2 Å². The minimum Gasteiger partial charge on any atom is -0.258 e. The molecule has 0 unspecified atom stereocenters. The van der Waals surface area contributed by atoms with Crippen LogP contribution in [0.4, 0.5) is 5.69 Å². The topological polar surface area (TPSA) is 121 Å². The van der Waals surface area contributed by atoms with Crippen molar-refractivity contribution in [3.05, 3.63) is 15.8 Å². The number of hydrogen-bond acceptors (Lipinski definition) is 6. The number of nitrogens with two attached hydrogens (primary N) is 1. The fraction of sp³-hybridized carbons (Fsp3) is 0.667. The van der Waals surface area contributed by atoms with Crippen molar-refractivity contribution in [2.45, 2.75) is 24.8 Å². The first-order valence-electron chi connectivity index (χ1n) is 5.48. The largest absolute Gasteiger partial charge is 0.324 e. The van der Waals surface area contributed by atoms with Crippen LogP contribution in [0.1, 0.15) is 25.5 Å². The Kier molecular flexibility index (Phi) is 4.93. The molecule has 108 valence electrons. The maximum absolute atomic E-state index is 11.1. The van der Waals surface area contributed by atoms with Crippen LogP contribution in [0.15, 0.2) is 5.03 Å². The molecule has 1 aromatic rings. The first-order valence-corrected chi connectivity index (χ1v) is 8.18. The average molecular weight is 308 g/mol. The monoisotopic (exact) mass is 308 g/mol. The Bertz CT molecular complexity index is 579. The molecule has 0 aromatic carbocycles. The summed E-state index contributed by atoms with van der Waals surface area (Å²) in [5.74, 6) is -0.174. The van der Waals surface area contributed by atoms with Crippen molar-refractivity contribution in [1.29, 1.82) is 0 Å². The van der Waals surface area contributed by atoms with Crippen LogP contribution in [0.2, 0.25) is 0 Å². The number of thioether (sulfide) groups is 1. The molecule has 0 saturated heterocycles. The molecular formula is C9H16N4O4S2. The molecule has 0 aliphatic carbocycles. The summed E-state index contributed by atoms with van der Waals surface area (Å²) < 4.78 is 23.1. The Labute approximate surface area is 115 Å². The number of sulfonamides is 1. The molecule has 0 atom stereocenters. The van der Waals surface area contributed by atoms with Gasteiger partial charge in [-0.05, 0) is 0 Å². The number of rotatable bonds is 6. The van der Waals surface area contributed by atoms with E-state index < -0.39 is 14.9 Å². The zero-order valence-electron chi connectivity index (χ0n) is 10.9. The van der Waals surface area contributed by atoms with Gasteiger partial charge in [0, 0.05) is 18.7 Å². The summed E-state index contributed by atoms with van der Waals surface area (Å²) in [4.78, 5) is 10.6. The maximum atomic E-state index is 11.1. The summed E-state index contributed by atoms with van der Waals surface area (Å²) in [6.45, 7) is 3.63. The second kappa shape index (κ2) is 5.88. The lowest BCUT2D eigenvalue weighted by atomic mass is 10.1. The molecule has 8 nitrogen and oxygen atoms in total. The van der Waals surface area contributed by atoms with Gasteiger partial charge in [-0.3, -0.25) is 14.8 Å². The molecule has 19 heavy (non-hydrogen) atoms. The van der Waals surface area contributed by atoms with E-state index >= 15 is 0 Å². The summed E-state index contributed by atoms with van der Waals surface area (Å²) >= 11 is 1.07. The average Bonchev–Trinajstić information content (AvgIpc) is 2.54. The van der Waals surface area contributed by atoms with Crippen LogP contribution in [0, 0.1) is 10.1 Å². The highest BCUT2D eigenvalue weighted by atomic mass is 32.2. The molecule has 1 aromatic heterocycles. The lowest BCUT2D eigenvalue weighted by Gasteiger charge is -2.01. The SMILES string of the molecule is CC(C)c1nn(C)c(SCCS(N)(=O)=O)c1[N+](=O)[O-]. The van der Waals surface area contributed by atoms with Crippen LogP contribution in [-0.2, 0) is 17.1 Å². The van der Waals surface area contributed by atoms with Crippen molar-refractivity contribution < 1.29 is 13.3 Å². The molecule has 1 heterocycles. The lowest BCUT2D eigenvalue weighted by Crippen LogP contribution is -2.18. The van der Waals surface area contributed by atoms with E-state index in [9.17, 15) is 18.5 Å². The molecule has 0 amide bonds. The number of primary sulfonamides is 1. The van der Waals surface area contributed by atoms with E-state index in [2.05, 4.69) is 5.10 Å². The normalized spacial score (nSPS) is 12.1. The lowest BCUT2D eigenvalue weighted by molar-refractivity contribution is -0.388. The molecule has 0 aliphatic heterocycles. The molecule has 2 N–H and O–H groups in total. The molecular weight excluding hydrogens is 292 g/mol. The molecule has 0 bridgehead atoms. The van der Waals surface area contributed by atoms with Gasteiger partial charge in [-0.2, -0.15) is 5.10 Å². The van der Waals surface area contributed by atoms with Crippen LogP contribution in [0.5, 0.6) is 0 Å². The summed E-state index contributed by atoms with van der Waals surface area (Å²) in [5.41, 5.74) is 0.336. The minimum atomic E-state index is -3.57. The predicted molar refractivity (Wildman–Crippen MR) is 72.6 cm³/mol. The Morgan fingerprint density at radius 3 is 2.53 bits per heavy atom. The molecule has 0 spiro atoms. The van der Waals surface area contributed by atoms with Gasteiger partial charge in [0.15, 0.2) is 5.03 Å². The summed E-state index contributed by atoms with van der Waals surface area (Å²) in [5, 5.41) is 20.5. The predicted octanol–water partition coefficient (Wildman–Crippen LogP) is 0.832. The first-order chi connectivity index (χ1) is 8.63. The standard InChI is InChI=1S/C9H16N4O4S2/c1-6(2)7-8(13(14)15)9(12(3)11-7)18-4-5-19(10,16)17/h6H,4-5H2,1-3H3,(H2,10,16,17). The smallest absolute Gasteiger partial charge is 0.258 e. The summed E-state index contributed by atoms with van der Waals surface area (Å²) in [6, 6.07) is 0. The van der Waals surface area contributed by atoms with Gasteiger partial charge in [0.25, 0.3) is 0 Å². The van der Waals surface area contributed by atoms with Gasteiger partial charge < -0.3 is 0 Å². The molecule has 0 fully saturated rings. The van der Waals surface area contributed by atoms with Crippen molar-refractivity contribution in [3.8, 4) is 0 Å². The van der Waals surface area contributed by atoms with E-state index in [1.54, 1.807) is 7.05 Å². The highest BCUT2D eigenvalue weighted by molar-refractivity contribution is 8.00. The van der Waals surface area contributed by atoms with Gasteiger partial charge in [-0.15, -0.1) is 0 Å². The van der Waals surface area contributed by atoms with Gasteiger partial charge in [0.05, 0.1) is 10.7 Å². The third-order valence-electron chi connectivity index (χ3n) is 2.33. The summed E-state index contributed by atoms with van der Waals surface area (Å²) in [7, 11) is -1.97. The van der Waals surface area contributed by atoms with Crippen molar-refractivity contribution >= 4 is 27.5 Å². The van der Waals surface area contributed by atoms with E-state index in [4.69, 9.17) is 5.14 Å². The zero-order chi connectivity index (χ0) is 14.8. The molecule has 1 rings (SSSR count). The summed E-state index contributed by atoms with van der Waals surface area (Å²) in [6.07, 6.45) is 0. The Balaban J connectivity index is 3.03. The minimum absolute atomic E-state index is 0.0584. The molecule has 0 saturated carbocycles. The third-order valence-corrected chi connectivity index (χ3v) is 4.50. The van der Waals surface area contributed by atoms with E-state index in [0.717, 1.165) is 11.8 Å². The highest BCUT2D eigenvalue weighted by Gasteiger charge is 2.28. The van der Waals surface area contributed by atoms with Gasteiger partial charge in [0.1, 0.15) is 5.69 Å². The second-order valence-electron chi connectivity index (χ2n) is 4.29. The number of hydrogen-bond donors (Lipinski definition) is 1. The molecule has 0 radical (unpaired) electrons. The number of nitro groups is 1. The van der Waals surface area contributed by atoms with Gasteiger partial charge >= 0.3 is 5.69 Å². The Morgan fingerprint density at radius 1 is 1.53 bits per heavy atom. The first kappa shape index (κ1) is 15.9. The van der Waals surface area contributed by atoms with Crippen LogP contribution >= 0.6 is 11.8 Å². The van der Waals surface area contributed by atoms with Crippen LogP contribution in [-0.4, -0.2) is 34.6 Å². The number of aryl methyl sites for hydroxylation is 1. The van der Waals surface area contributed by atoms with Crippen LogP contribution < -0.4 is 5.14 Å². The number of nitrogens with zero attached hydrogens (tertiary/aromatic N) is 3. The van der Waals surface area contributed by atoms with Gasteiger partial charge in [-0.1, -0.05) is 25.6 Å². The van der Waals surface area contributed by atoms with Gasteiger partial charge in [-0.25, -0.2) is 13.6 Å². The number of aromatic nitrogens is 2. The third kappa shape index (κ3) is 4.18. The fourth-order valence-electron chi connectivity index (χ4n) is 1.49. The maximum Gasteiger partial charge on any atom is 0.324 e. The van der Waals surface area contributed by atoms with Crippen LogP contribution in [0.3, 0.4) is 0 Å². The Hall–Kier alpha value is -1.13. The van der Waals surface area contributed by atoms with E-state index in [0.29, 0.717) is 10.7 Å². The zero-order valence-corrected chi connectivity index (χ0v) is 12.5. The quantitative estimate of drug-likeness (QED) is 0.472. The second-order valence-corrected chi connectivity index (χ2v) is 7.11. The fourth-order valence-corrected chi connectivity index (χ4v) is 3.49. The van der Waals surface area contributed by atoms with E-state index in [-0.39, 0.29) is 23.1 Å². The van der Waals surface area contributed by atoms with E-state index in [1.165, 1.54) is 4.68 Å². The van der Waals surface area contributed by atoms with Crippen molar-refractivity contribution in [2.75, 3.05) is 11.5 Å². The molecule has 0 aliphatic rings. The van der Waals surface area contributed by atoms with Crippen LogP contribution in [0.25, 0.3) is 0 Å². The van der Waals surface area contributed by atoms with Crippen molar-refractivity contribution in [1.82, 2.24) is 9.78 Å². The Morgan fingerprint density at radius 2 is 2.11 bits per heavy atom. The van der Waals surface area contributed by atoms with Gasteiger partial charge in [0.2, 0.25) is 10.0 Å². The van der Waals surface area contributed by atoms with Crippen molar-refractivity contribution in [3.63, 3.8) is 0 Å². The highest BCUT2D eigenvalue weighted by Crippen LogP contribution is 2.35. The van der Waals surface area contributed by atoms with E-state index in [1.807, 2.05) is 13.8 Å².